The van der Waals surface area contributed by atoms with Crippen LogP contribution in [-0.2, 0) is 0 Å². The zero-order chi connectivity index (χ0) is 20.1. The molecule has 1 fully saturated rings. The molecule has 1 aliphatic rings. The maximum Gasteiger partial charge on any atom is 0.254 e. The quantitative estimate of drug-likeness (QED) is 0.670. The molecule has 0 aliphatic carbocycles. The summed E-state index contributed by atoms with van der Waals surface area (Å²) in [5.41, 5.74) is 2.57. The number of carbonyl (C=O) groups is 1. The Hall–Kier alpha value is -3.41. The van der Waals surface area contributed by atoms with Gasteiger partial charge in [0.05, 0.1) is 12.3 Å². The van der Waals surface area contributed by atoms with Crippen molar-refractivity contribution in [2.45, 2.75) is 6.92 Å². The first kappa shape index (κ1) is 18.9. The lowest BCUT2D eigenvalue weighted by atomic mass is 10.1. The van der Waals surface area contributed by atoms with E-state index in [0.717, 1.165) is 35.9 Å². The third kappa shape index (κ3) is 4.37. The number of ether oxygens (including phenoxy) is 1. The summed E-state index contributed by atoms with van der Waals surface area (Å²) < 4.78 is 5.51. The number of benzene rings is 2. The molecule has 148 valence electrons. The van der Waals surface area contributed by atoms with Crippen LogP contribution in [0, 0.1) is 0 Å². The van der Waals surface area contributed by atoms with E-state index in [9.17, 15) is 4.79 Å². The average molecular weight is 388 g/mol. The number of aromatic nitrogens is 2. The van der Waals surface area contributed by atoms with Crippen molar-refractivity contribution in [2.24, 2.45) is 0 Å². The van der Waals surface area contributed by atoms with Crippen LogP contribution in [0.15, 0.2) is 66.7 Å². The van der Waals surface area contributed by atoms with Crippen LogP contribution in [-0.4, -0.2) is 53.8 Å². The molecular weight excluding hydrogens is 364 g/mol. The Morgan fingerprint density at radius 2 is 1.72 bits per heavy atom. The Labute approximate surface area is 170 Å². The number of rotatable bonds is 5. The SMILES string of the molecule is CCOc1cccc(C(=O)N2CCN(c3ccc(-c4ccccc4)nn3)CC2)c1. The van der Waals surface area contributed by atoms with Gasteiger partial charge in [0.15, 0.2) is 5.82 Å². The largest absolute Gasteiger partial charge is 0.494 e. The van der Waals surface area contributed by atoms with Crippen molar-refractivity contribution in [3.8, 4) is 17.0 Å². The predicted molar refractivity (Wildman–Crippen MR) is 113 cm³/mol. The number of hydrogen-bond acceptors (Lipinski definition) is 5. The van der Waals surface area contributed by atoms with Crippen LogP contribution in [0.25, 0.3) is 11.3 Å². The smallest absolute Gasteiger partial charge is 0.254 e. The summed E-state index contributed by atoms with van der Waals surface area (Å²) in [4.78, 5) is 16.9. The first-order valence-electron chi connectivity index (χ1n) is 9.91. The molecule has 2 heterocycles. The van der Waals surface area contributed by atoms with Crippen molar-refractivity contribution in [3.05, 3.63) is 72.3 Å². The van der Waals surface area contributed by atoms with Gasteiger partial charge < -0.3 is 14.5 Å². The van der Waals surface area contributed by atoms with Gasteiger partial charge in [-0.25, -0.2) is 0 Å². The molecule has 1 saturated heterocycles. The van der Waals surface area contributed by atoms with Crippen LogP contribution in [0.1, 0.15) is 17.3 Å². The molecule has 1 amide bonds. The minimum absolute atomic E-state index is 0.0386. The minimum atomic E-state index is 0.0386. The minimum Gasteiger partial charge on any atom is -0.494 e. The van der Waals surface area contributed by atoms with Crippen molar-refractivity contribution < 1.29 is 9.53 Å². The van der Waals surface area contributed by atoms with E-state index in [-0.39, 0.29) is 5.91 Å². The third-order valence-corrected chi connectivity index (χ3v) is 5.00. The van der Waals surface area contributed by atoms with E-state index in [4.69, 9.17) is 4.74 Å². The van der Waals surface area contributed by atoms with Crippen LogP contribution >= 0.6 is 0 Å². The maximum absolute atomic E-state index is 12.8. The van der Waals surface area contributed by atoms with Crippen molar-refractivity contribution in [1.29, 1.82) is 0 Å². The highest BCUT2D eigenvalue weighted by atomic mass is 16.5. The van der Waals surface area contributed by atoms with Gasteiger partial charge in [0.25, 0.3) is 5.91 Å². The zero-order valence-electron chi connectivity index (χ0n) is 16.5. The first-order chi connectivity index (χ1) is 14.2. The number of hydrogen-bond donors (Lipinski definition) is 0. The second kappa shape index (κ2) is 8.73. The Balaban J connectivity index is 1.38. The van der Waals surface area contributed by atoms with E-state index in [1.54, 1.807) is 0 Å². The Bertz CT molecular complexity index is 952. The lowest BCUT2D eigenvalue weighted by Crippen LogP contribution is -2.49. The van der Waals surface area contributed by atoms with Gasteiger partial charge in [0, 0.05) is 37.3 Å². The second-order valence-electron chi connectivity index (χ2n) is 6.88. The van der Waals surface area contributed by atoms with Gasteiger partial charge in [0.1, 0.15) is 5.75 Å². The normalized spacial score (nSPS) is 14.0. The van der Waals surface area contributed by atoms with Gasteiger partial charge in [-0.05, 0) is 37.3 Å². The first-order valence-corrected chi connectivity index (χ1v) is 9.91. The lowest BCUT2D eigenvalue weighted by Gasteiger charge is -2.35. The van der Waals surface area contributed by atoms with Gasteiger partial charge in [-0.2, -0.15) is 0 Å². The number of piperazine rings is 1. The predicted octanol–water partition coefficient (Wildman–Crippen LogP) is 3.50. The molecule has 6 nitrogen and oxygen atoms in total. The highest BCUT2D eigenvalue weighted by Crippen LogP contribution is 2.20. The van der Waals surface area contributed by atoms with E-state index < -0.39 is 0 Å². The number of amides is 1. The fourth-order valence-corrected chi connectivity index (χ4v) is 3.46. The van der Waals surface area contributed by atoms with E-state index in [2.05, 4.69) is 15.1 Å². The van der Waals surface area contributed by atoms with Crippen molar-refractivity contribution in [1.82, 2.24) is 15.1 Å². The van der Waals surface area contributed by atoms with Gasteiger partial charge in [-0.3, -0.25) is 4.79 Å². The maximum atomic E-state index is 12.8. The number of nitrogens with zero attached hydrogens (tertiary/aromatic N) is 4. The molecule has 0 radical (unpaired) electrons. The highest BCUT2D eigenvalue weighted by Gasteiger charge is 2.23. The molecule has 3 aromatic rings. The third-order valence-electron chi connectivity index (χ3n) is 5.00. The topological polar surface area (TPSA) is 58.6 Å². The molecule has 0 unspecified atom stereocenters. The van der Waals surface area contributed by atoms with Crippen molar-refractivity contribution in [2.75, 3.05) is 37.7 Å². The zero-order valence-corrected chi connectivity index (χ0v) is 16.5. The summed E-state index contributed by atoms with van der Waals surface area (Å²) in [7, 11) is 0. The van der Waals surface area contributed by atoms with Crippen LogP contribution in [0.5, 0.6) is 5.75 Å². The summed E-state index contributed by atoms with van der Waals surface area (Å²) >= 11 is 0. The summed E-state index contributed by atoms with van der Waals surface area (Å²) in [5, 5.41) is 8.76. The van der Waals surface area contributed by atoms with Gasteiger partial charge in [-0.15, -0.1) is 10.2 Å². The van der Waals surface area contributed by atoms with E-state index in [1.165, 1.54) is 0 Å². The average Bonchev–Trinajstić information content (AvgIpc) is 2.80. The molecule has 4 rings (SSSR count). The molecule has 1 aliphatic heterocycles. The summed E-state index contributed by atoms with van der Waals surface area (Å²) in [5.74, 6) is 1.61. The molecule has 1 aromatic heterocycles. The van der Waals surface area contributed by atoms with Gasteiger partial charge in [-0.1, -0.05) is 36.4 Å². The molecular formula is C23H24N4O2. The summed E-state index contributed by atoms with van der Waals surface area (Å²) in [6.07, 6.45) is 0. The standard InChI is InChI=1S/C23H24N4O2/c1-2-29-20-10-6-9-19(17-20)23(28)27-15-13-26(14-16-27)22-12-11-21(24-25-22)18-7-4-3-5-8-18/h3-12,17H,2,13-16H2,1H3. The molecule has 0 bridgehead atoms. The van der Waals surface area contributed by atoms with E-state index >= 15 is 0 Å². The van der Waals surface area contributed by atoms with E-state index in [1.807, 2.05) is 78.6 Å². The molecule has 0 saturated carbocycles. The molecule has 0 spiro atoms. The molecule has 6 heteroatoms. The number of anilines is 1. The summed E-state index contributed by atoms with van der Waals surface area (Å²) in [6.45, 7) is 5.29. The molecule has 0 atom stereocenters. The van der Waals surface area contributed by atoms with Crippen LogP contribution in [0.3, 0.4) is 0 Å². The van der Waals surface area contributed by atoms with Crippen LogP contribution in [0.4, 0.5) is 5.82 Å². The Morgan fingerprint density at radius 3 is 2.41 bits per heavy atom. The van der Waals surface area contributed by atoms with E-state index in [0.29, 0.717) is 25.3 Å². The van der Waals surface area contributed by atoms with Crippen LogP contribution < -0.4 is 9.64 Å². The van der Waals surface area contributed by atoms with Crippen molar-refractivity contribution >= 4 is 11.7 Å². The van der Waals surface area contributed by atoms with Crippen LogP contribution in [0.2, 0.25) is 0 Å². The Kier molecular flexibility index (Phi) is 5.70. The fourth-order valence-electron chi connectivity index (χ4n) is 3.46. The monoisotopic (exact) mass is 388 g/mol. The lowest BCUT2D eigenvalue weighted by molar-refractivity contribution is 0.0746. The fraction of sp³-hybridized carbons (Fsp3) is 0.261. The number of carbonyl (C=O) groups excluding carboxylic acids is 1. The second-order valence-corrected chi connectivity index (χ2v) is 6.88. The van der Waals surface area contributed by atoms with Gasteiger partial charge in [0.2, 0.25) is 0 Å². The van der Waals surface area contributed by atoms with Crippen molar-refractivity contribution in [3.63, 3.8) is 0 Å². The van der Waals surface area contributed by atoms with Gasteiger partial charge >= 0.3 is 0 Å². The summed E-state index contributed by atoms with van der Waals surface area (Å²) in [6, 6.07) is 21.4. The molecule has 0 N–H and O–H groups in total. The molecule has 29 heavy (non-hydrogen) atoms. The molecule has 2 aromatic carbocycles. The Morgan fingerprint density at radius 1 is 0.931 bits per heavy atom. The highest BCUT2D eigenvalue weighted by molar-refractivity contribution is 5.94.